The summed E-state index contributed by atoms with van der Waals surface area (Å²) in [6.45, 7) is 5.60. The molecule has 0 aromatic carbocycles. The van der Waals surface area contributed by atoms with E-state index in [2.05, 4.69) is 25.7 Å². The minimum Gasteiger partial charge on any atom is -0.370 e. The van der Waals surface area contributed by atoms with Crippen molar-refractivity contribution in [3.05, 3.63) is 23.5 Å². The molecule has 2 aromatic heterocycles. The average Bonchev–Trinajstić information content (AvgIpc) is 2.75. The molecule has 0 aliphatic rings. The van der Waals surface area contributed by atoms with E-state index in [0.717, 1.165) is 29.0 Å². The molecule has 0 bridgehead atoms. The maximum absolute atomic E-state index is 4.46. The Kier molecular flexibility index (Phi) is 4.84. The number of rotatable bonds is 6. The molecule has 0 atom stereocenters. The smallest absolute Gasteiger partial charge is 0.191 e. The quantitative estimate of drug-likeness (QED) is 0.629. The predicted octanol–water partition coefficient (Wildman–Crippen LogP) is 2.28. The van der Waals surface area contributed by atoms with Crippen LogP contribution in [0.25, 0.3) is 0 Å². The van der Waals surface area contributed by atoms with Crippen LogP contribution in [-0.2, 0) is 13.6 Å². The highest BCUT2D eigenvalue weighted by molar-refractivity contribution is 7.98. The van der Waals surface area contributed by atoms with Crippen molar-refractivity contribution < 1.29 is 0 Å². The van der Waals surface area contributed by atoms with Crippen molar-refractivity contribution in [2.45, 2.75) is 25.5 Å². The maximum Gasteiger partial charge on any atom is 0.191 e. The highest BCUT2D eigenvalue weighted by Gasteiger charge is 2.06. The lowest BCUT2D eigenvalue weighted by Gasteiger charge is -2.09. The lowest BCUT2D eigenvalue weighted by molar-refractivity contribution is 0.756. The van der Waals surface area contributed by atoms with Crippen LogP contribution in [0.15, 0.2) is 17.4 Å². The molecule has 0 saturated carbocycles. The number of nitrogens with zero attached hydrogens (tertiary/aromatic N) is 4. The first kappa shape index (κ1) is 14.6. The van der Waals surface area contributed by atoms with Crippen molar-refractivity contribution in [3.63, 3.8) is 0 Å². The summed E-state index contributed by atoms with van der Waals surface area (Å²) in [5, 5.41) is 11.6. The molecule has 0 amide bonds. The maximum atomic E-state index is 4.46. The first-order valence-electron chi connectivity index (χ1n) is 6.52. The number of hydrogen-bond donors (Lipinski definition) is 2. The first-order valence-corrected chi connectivity index (χ1v) is 7.74. The van der Waals surface area contributed by atoms with Crippen molar-refractivity contribution in [1.82, 2.24) is 19.7 Å². The summed E-state index contributed by atoms with van der Waals surface area (Å²) in [5.74, 6) is 1.67. The van der Waals surface area contributed by atoms with E-state index in [9.17, 15) is 0 Å². The van der Waals surface area contributed by atoms with Crippen molar-refractivity contribution >= 4 is 23.4 Å². The van der Waals surface area contributed by atoms with E-state index in [1.807, 2.05) is 44.1 Å². The molecular weight excluding hydrogens is 272 g/mol. The fourth-order valence-electron chi connectivity index (χ4n) is 1.89. The largest absolute Gasteiger partial charge is 0.370 e. The van der Waals surface area contributed by atoms with Crippen LogP contribution in [-0.4, -0.2) is 32.5 Å². The Balaban J connectivity index is 2.12. The lowest BCUT2D eigenvalue weighted by Crippen LogP contribution is -2.06. The first-order chi connectivity index (χ1) is 9.62. The van der Waals surface area contributed by atoms with E-state index in [4.69, 9.17) is 0 Å². The van der Waals surface area contributed by atoms with Gasteiger partial charge in [-0.3, -0.25) is 4.68 Å². The monoisotopic (exact) mass is 292 g/mol. The second-order valence-electron chi connectivity index (χ2n) is 4.42. The van der Waals surface area contributed by atoms with Crippen LogP contribution in [0.5, 0.6) is 0 Å². The zero-order valence-electron chi connectivity index (χ0n) is 12.3. The number of anilines is 2. The van der Waals surface area contributed by atoms with Gasteiger partial charge in [0.1, 0.15) is 11.6 Å². The molecule has 20 heavy (non-hydrogen) atoms. The van der Waals surface area contributed by atoms with Crippen LogP contribution >= 0.6 is 11.8 Å². The third-order valence-corrected chi connectivity index (χ3v) is 3.37. The van der Waals surface area contributed by atoms with Gasteiger partial charge in [-0.25, -0.2) is 9.97 Å². The van der Waals surface area contributed by atoms with Gasteiger partial charge in [-0.1, -0.05) is 11.8 Å². The van der Waals surface area contributed by atoms with Gasteiger partial charge in [0, 0.05) is 38.0 Å². The second kappa shape index (κ2) is 6.60. The Morgan fingerprint density at radius 3 is 2.50 bits per heavy atom. The number of hydrogen-bond acceptors (Lipinski definition) is 6. The molecule has 2 aromatic rings. The van der Waals surface area contributed by atoms with Crippen LogP contribution in [0.1, 0.15) is 18.2 Å². The average molecular weight is 292 g/mol. The summed E-state index contributed by atoms with van der Waals surface area (Å²) in [7, 11) is 1.93. The van der Waals surface area contributed by atoms with E-state index in [1.54, 1.807) is 0 Å². The summed E-state index contributed by atoms with van der Waals surface area (Å²) in [4.78, 5) is 8.86. The molecule has 0 spiro atoms. The van der Waals surface area contributed by atoms with Crippen LogP contribution < -0.4 is 10.6 Å². The molecule has 0 aliphatic carbocycles. The van der Waals surface area contributed by atoms with Gasteiger partial charge in [-0.05, 0) is 20.1 Å². The Bertz CT molecular complexity index is 580. The molecule has 0 radical (unpaired) electrons. The van der Waals surface area contributed by atoms with Crippen LogP contribution in [0, 0.1) is 6.92 Å². The third-order valence-electron chi connectivity index (χ3n) is 2.82. The van der Waals surface area contributed by atoms with E-state index in [0.29, 0.717) is 6.54 Å². The zero-order valence-corrected chi connectivity index (χ0v) is 13.1. The molecule has 0 unspecified atom stereocenters. The third kappa shape index (κ3) is 3.63. The summed E-state index contributed by atoms with van der Waals surface area (Å²) in [6.07, 6.45) is 3.99. The Hall–Kier alpha value is -1.76. The van der Waals surface area contributed by atoms with E-state index in [1.165, 1.54) is 17.3 Å². The van der Waals surface area contributed by atoms with Gasteiger partial charge >= 0.3 is 0 Å². The molecule has 7 heteroatoms. The van der Waals surface area contributed by atoms with E-state index in [-0.39, 0.29) is 0 Å². The normalized spacial score (nSPS) is 10.6. The fraction of sp³-hybridized carbons (Fsp3) is 0.462. The van der Waals surface area contributed by atoms with Crippen LogP contribution in [0.4, 0.5) is 11.6 Å². The number of nitrogens with one attached hydrogen (secondary N) is 2. The molecule has 0 aliphatic heterocycles. The van der Waals surface area contributed by atoms with Crippen molar-refractivity contribution in [1.29, 1.82) is 0 Å². The summed E-state index contributed by atoms with van der Waals surface area (Å²) in [5.41, 5.74) is 2.20. The fourth-order valence-corrected chi connectivity index (χ4v) is 2.27. The van der Waals surface area contributed by atoms with Gasteiger partial charge in [-0.2, -0.15) is 5.10 Å². The summed E-state index contributed by atoms with van der Waals surface area (Å²) in [6, 6.07) is 1.93. The van der Waals surface area contributed by atoms with E-state index >= 15 is 0 Å². The van der Waals surface area contributed by atoms with Gasteiger partial charge in [0.2, 0.25) is 0 Å². The van der Waals surface area contributed by atoms with Crippen molar-refractivity contribution in [2.24, 2.45) is 7.05 Å². The molecular formula is C13H20N6S. The minimum atomic E-state index is 0.704. The van der Waals surface area contributed by atoms with Gasteiger partial charge in [0.25, 0.3) is 0 Å². The van der Waals surface area contributed by atoms with Gasteiger partial charge in [-0.15, -0.1) is 0 Å². The molecule has 0 fully saturated rings. The summed E-state index contributed by atoms with van der Waals surface area (Å²) < 4.78 is 1.82. The number of aromatic nitrogens is 4. The van der Waals surface area contributed by atoms with Crippen molar-refractivity contribution in [3.8, 4) is 0 Å². The predicted molar refractivity (Wildman–Crippen MR) is 83.2 cm³/mol. The molecule has 6 nitrogen and oxygen atoms in total. The van der Waals surface area contributed by atoms with Crippen molar-refractivity contribution in [2.75, 3.05) is 23.4 Å². The second-order valence-corrected chi connectivity index (χ2v) is 5.20. The molecule has 0 saturated heterocycles. The van der Waals surface area contributed by atoms with Gasteiger partial charge < -0.3 is 10.6 Å². The highest BCUT2D eigenvalue weighted by Crippen LogP contribution is 2.18. The van der Waals surface area contributed by atoms with Crippen LogP contribution in [0.3, 0.4) is 0 Å². The topological polar surface area (TPSA) is 67.7 Å². The Labute approximate surface area is 123 Å². The number of thioether (sulfide) groups is 1. The molecule has 2 heterocycles. The number of aryl methyl sites for hydroxylation is 2. The molecule has 108 valence electrons. The summed E-state index contributed by atoms with van der Waals surface area (Å²) >= 11 is 1.53. The zero-order chi connectivity index (χ0) is 14.5. The molecule has 2 rings (SSSR count). The van der Waals surface area contributed by atoms with Crippen LogP contribution in [0.2, 0.25) is 0 Å². The van der Waals surface area contributed by atoms with E-state index < -0.39 is 0 Å². The molecule has 2 N–H and O–H groups in total. The van der Waals surface area contributed by atoms with Gasteiger partial charge in [0.15, 0.2) is 5.16 Å². The standard InChI is InChI=1S/C13H20N6S/c1-5-14-11-6-12(17-13(16-11)20-4)15-7-10-8-19(3)18-9(10)2/h6,8H,5,7H2,1-4H3,(H2,14,15,16,17). The Morgan fingerprint density at radius 1 is 1.25 bits per heavy atom. The minimum absolute atomic E-state index is 0.704. The SMILES string of the molecule is CCNc1cc(NCc2cn(C)nc2C)nc(SC)n1. The lowest BCUT2D eigenvalue weighted by atomic mass is 10.2. The Morgan fingerprint density at radius 2 is 1.95 bits per heavy atom. The highest BCUT2D eigenvalue weighted by atomic mass is 32.2. The van der Waals surface area contributed by atoms with Gasteiger partial charge in [0.05, 0.1) is 5.69 Å².